The number of fused-ring (bicyclic) bond motifs is 1. The van der Waals surface area contributed by atoms with Crippen LogP contribution in [0.5, 0.6) is 0 Å². The lowest BCUT2D eigenvalue weighted by Crippen LogP contribution is -2.38. The van der Waals surface area contributed by atoms with Crippen LogP contribution in [0.25, 0.3) is 0 Å². The van der Waals surface area contributed by atoms with Crippen molar-refractivity contribution in [2.75, 3.05) is 25.0 Å². The summed E-state index contributed by atoms with van der Waals surface area (Å²) in [6, 6.07) is 12.0. The number of rotatable bonds is 12. The van der Waals surface area contributed by atoms with E-state index in [4.69, 9.17) is 16.3 Å². The molecular formula is C32H43N7O2S. The zero-order valence-corrected chi connectivity index (χ0v) is 25.9. The van der Waals surface area contributed by atoms with Crippen molar-refractivity contribution in [1.29, 1.82) is 0 Å². The lowest BCUT2D eigenvalue weighted by atomic mass is 9.80. The van der Waals surface area contributed by atoms with Crippen molar-refractivity contribution in [2.24, 2.45) is 17.0 Å². The van der Waals surface area contributed by atoms with Gasteiger partial charge in [-0.15, -0.1) is 0 Å². The van der Waals surface area contributed by atoms with Gasteiger partial charge in [0.25, 0.3) is 0 Å². The van der Waals surface area contributed by atoms with Crippen LogP contribution in [-0.4, -0.2) is 44.9 Å². The fourth-order valence-electron chi connectivity index (χ4n) is 4.98. The molecule has 3 aromatic rings. The average Bonchev–Trinajstić information content (AvgIpc) is 3.17. The van der Waals surface area contributed by atoms with Gasteiger partial charge in [0.15, 0.2) is 0 Å². The number of amides is 1. The number of hydrogen-bond acceptors (Lipinski definition) is 9. The Morgan fingerprint density at radius 1 is 1.24 bits per heavy atom. The van der Waals surface area contributed by atoms with Crippen LogP contribution in [0.3, 0.4) is 0 Å². The summed E-state index contributed by atoms with van der Waals surface area (Å²) in [5.74, 6) is 5.85. The quantitative estimate of drug-likeness (QED) is 0.146. The number of nitrogens with two attached hydrogens (primary N) is 2. The zero-order valence-electron chi connectivity index (χ0n) is 25.0. The molecule has 0 bridgehead atoms. The first kappa shape index (κ1) is 31.5. The Balaban J connectivity index is 1.61. The lowest BCUT2D eigenvalue weighted by Gasteiger charge is -2.34. The van der Waals surface area contributed by atoms with Gasteiger partial charge in [-0.2, -0.15) is 0 Å². The highest BCUT2D eigenvalue weighted by molar-refractivity contribution is 7.97. The summed E-state index contributed by atoms with van der Waals surface area (Å²) in [5, 5.41) is 4.56. The molecule has 1 unspecified atom stereocenters. The number of hydrogen-bond donors (Lipinski definition) is 3. The molecule has 9 nitrogen and oxygen atoms in total. The maximum absolute atomic E-state index is 13.7. The summed E-state index contributed by atoms with van der Waals surface area (Å²) in [6.45, 7) is 10.5. The summed E-state index contributed by atoms with van der Waals surface area (Å²) >= 11 is 1.76. The Morgan fingerprint density at radius 2 is 2.05 bits per heavy atom. The highest BCUT2D eigenvalue weighted by atomic mass is 32.2. The summed E-state index contributed by atoms with van der Waals surface area (Å²) in [5.41, 5.74) is 11.1. The second-order valence-corrected chi connectivity index (χ2v) is 12.4. The molecule has 4 rings (SSSR count). The molecule has 0 aliphatic carbocycles. The molecule has 10 heteroatoms. The highest BCUT2D eigenvalue weighted by Crippen LogP contribution is 2.39. The van der Waals surface area contributed by atoms with Gasteiger partial charge in [-0.25, -0.2) is 10.1 Å². The van der Waals surface area contributed by atoms with Gasteiger partial charge in [0.05, 0.1) is 35.7 Å². The summed E-state index contributed by atoms with van der Waals surface area (Å²) in [4.78, 5) is 23.3. The number of ether oxygens (including phenoxy) is 1. The Kier molecular flexibility index (Phi) is 11.0. The van der Waals surface area contributed by atoms with Gasteiger partial charge in [0.1, 0.15) is 0 Å². The summed E-state index contributed by atoms with van der Waals surface area (Å²) in [6.07, 6.45) is 11.3. The van der Waals surface area contributed by atoms with E-state index in [2.05, 4.69) is 51.6 Å². The minimum atomic E-state index is -0.948. The predicted molar refractivity (Wildman–Crippen MR) is 169 cm³/mol. The molecular weight excluding hydrogens is 546 g/mol. The largest absolute Gasteiger partial charge is 0.399 e. The SMILES string of the molecule is CCCN(N)/C=C(\N)COC(c1ccc(C)c(CN2CCCc3ccncc3S2)c1)C(C)(C)C(=O)Nc1cccnc1. The molecule has 1 aliphatic rings. The molecule has 5 N–H and O–H groups in total. The molecule has 224 valence electrons. The third kappa shape index (κ3) is 8.32. The monoisotopic (exact) mass is 589 g/mol. The fourth-order valence-corrected chi connectivity index (χ4v) is 6.07. The van der Waals surface area contributed by atoms with Crippen LogP contribution in [-0.2, 0) is 22.5 Å². The summed E-state index contributed by atoms with van der Waals surface area (Å²) < 4.78 is 8.85. The van der Waals surface area contributed by atoms with Gasteiger partial charge in [0, 0.05) is 49.3 Å². The molecule has 0 saturated carbocycles. The van der Waals surface area contributed by atoms with E-state index < -0.39 is 11.5 Å². The van der Waals surface area contributed by atoms with Crippen molar-refractivity contribution in [3.63, 3.8) is 0 Å². The number of nitrogens with zero attached hydrogens (tertiary/aromatic N) is 4. The minimum absolute atomic E-state index is 0.126. The van der Waals surface area contributed by atoms with Gasteiger partial charge in [-0.05, 0) is 92.4 Å². The van der Waals surface area contributed by atoms with E-state index in [-0.39, 0.29) is 12.5 Å². The molecule has 1 amide bonds. The number of nitrogens with one attached hydrogen (secondary N) is 1. The van der Waals surface area contributed by atoms with Crippen molar-refractivity contribution in [3.8, 4) is 0 Å². The second kappa shape index (κ2) is 14.6. The number of aromatic nitrogens is 2. The van der Waals surface area contributed by atoms with E-state index in [0.717, 1.165) is 37.9 Å². The summed E-state index contributed by atoms with van der Waals surface area (Å²) in [7, 11) is 0. The van der Waals surface area contributed by atoms with E-state index in [1.165, 1.54) is 21.6 Å². The molecule has 0 saturated heterocycles. The van der Waals surface area contributed by atoms with Crippen LogP contribution in [0, 0.1) is 12.3 Å². The normalized spacial score (nSPS) is 15.0. The average molecular weight is 590 g/mol. The first-order valence-electron chi connectivity index (χ1n) is 14.4. The van der Waals surface area contributed by atoms with Gasteiger partial charge in [-0.1, -0.05) is 25.1 Å². The Morgan fingerprint density at radius 3 is 2.81 bits per heavy atom. The molecule has 0 spiro atoms. The van der Waals surface area contributed by atoms with Crippen molar-refractivity contribution >= 4 is 23.5 Å². The van der Waals surface area contributed by atoms with Gasteiger partial charge < -0.3 is 20.8 Å². The molecule has 3 heterocycles. The molecule has 1 aromatic carbocycles. The van der Waals surface area contributed by atoms with Crippen molar-refractivity contribution in [2.45, 2.75) is 64.5 Å². The predicted octanol–water partition coefficient (Wildman–Crippen LogP) is 5.35. The van der Waals surface area contributed by atoms with Gasteiger partial charge >= 0.3 is 0 Å². The van der Waals surface area contributed by atoms with Crippen LogP contribution in [0.15, 0.2) is 78.0 Å². The lowest BCUT2D eigenvalue weighted by molar-refractivity contribution is -0.133. The number of benzene rings is 1. The van der Waals surface area contributed by atoms with Crippen molar-refractivity contribution < 1.29 is 9.53 Å². The zero-order chi connectivity index (χ0) is 30.1. The Bertz CT molecular complexity index is 1370. The maximum Gasteiger partial charge on any atom is 0.233 e. The Labute approximate surface area is 253 Å². The van der Waals surface area contributed by atoms with Crippen LogP contribution in [0.2, 0.25) is 0 Å². The number of anilines is 1. The molecule has 1 aliphatic heterocycles. The number of aryl methyl sites for hydroxylation is 2. The van der Waals surface area contributed by atoms with Crippen LogP contribution in [0.1, 0.15) is 62.0 Å². The van der Waals surface area contributed by atoms with E-state index in [1.54, 1.807) is 41.6 Å². The van der Waals surface area contributed by atoms with Gasteiger partial charge in [0.2, 0.25) is 5.91 Å². The molecule has 1 atom stereocenters. The van der Waals surface area contributed by atoms with Crippen LogP contribution in [0.4, 0.5) is 5.69 Å². The molecule has 0 radical (unpaired) electrons. The number of carbonyl (C=O) groups is 1. The molecule has 2 aromatic heterocycles. The topological polar surface area (TPSA) is 123 Å². The van der Waals surface area contributed by atoms with Crippen molar-refractivity contribution in [3.05, 3.63) is 95.3 Å². The smallest absolute Gasteiger partial charge is 0.233 e. The second-order valence-electron chi connectivity index (χ2n) is 11.3. The first-order valence-corrected chi connectivity index (χ1v) is 15.2. The van der Waals surface area contributed by atoms with E-state index in [0.29, 0.717) is 17.9 Å². The maximum atomic E-state index is 13.7. The first-order chi connectivity index (χ1) is 20.2. The van der Waals surface area contributed by atoms with Crippen LogP contribution >= 0.6 is 11.9 Å². The van der Waals surface area contributed by atoms with Crippen LogP contribution < -0.4 is 16.9 Å². The standard InChI is InChI=1S/C32H43N7O2S/c1-5-15-38(34)21-27(33)22-41-30(32(3,4)31(40)37-28-9-6-13-35-18-28)25-11-10-23(2)26(17-25)20-39-16-7-8-24-12-14-36-19-29(24)42-39/h6,9-14,17-19,21,30H,5,7-8,15-16,20,22,33-34H2,1-4H3,(H,37,40)/b27-21-. The minimum Gasteiger partial charge on any atom is -0.399 e. The van der Waals surface area contributed by atoms with Gasteiger partial charge in [-0.3, -0.25) is 14.8 Å². The number of pyridine rings is 2. The molecule has 42 heavy (non-hydrogen) atoms. The Hall–Kier alpha value is -3.44. The number of carbonyl (C=O) groups excluding carboxylic acids is 1. The highest BCUT2D eigenvalue weighted by Gasteiger charge is 2.39. The third-order valence-corrected chi connectivity index (χ3v) is 8.50. The van der Waals surface area contributed by atoms with E-state index in [1.807, 2.05) is 38.4 Å². The van der Waals surface area contributed by atoms with E-state index >= 15 is 0 Å². The fraction of sp³-hybridized carbons (Fsp3) is 0.406. The van der Waals surface area contributed by atoms with E-state index in [9.17, 15) is 4.79 Å². The number of hydrazine groups is 1. The van der Waals surface area contributed by atoms with Crippen molar-refractivity contribution in [1.82, 2.24) is 19.3 Å². The third-order valence-electron chi connectivity index (χ3n) is 7.36. The molecule has 0 fully saturated rings.